The van der Waals surface area contributed by atoms with E-state index in [9.17, 15) is 14.4 Å². The molecule has 1 fully saturated rings. The van der Waals surface area contributed by atoms with Crippen molar-refractivity contribution in [3.8, 4) is 0 Å². The van der Waals surface area contributed by atoms with Gasteiger partial charge in [0.15, 0.2) is 0 Å². The van der Waals surface area contributed by atoms with Gasteiger partial charge < -0.3 is 15.3 Å². The van der Waals surface area contributed by atoms with E-state index in [-0.39, 0.29) is 18.2 Å². The number of carbonyl (C=O) groups excluding carboxylic acids is 2. The van der Waals surface area contributed by atoms with Gasteiger partial charge in [0.1, 0.15) is 6.04 Å². The summed E-state index contributed by atoms with van der Waals surface area (Å²) < 4.78 is 0. The molecule has 1 aliphatic rings. The van der Waals surface area contributed by atoms with Crippen LogP contribution < -0.4 is 5.32 Å². The van der Waals surface area contributed by atoms with Gasteiger partial charge in [0.2, 0.25) is 11.8 Å². The summed E-state index contributed by atoms with van der Waals surface area (Å²) in [4.78, 5) is 35.6. The minimum absolute atomic E-state index is 0.0501. The Morgan fingerprint density at radius 3 is 2.68 bits per heavy atom. The van der Waals surface area contributed by atoms with Gasteiger partial charge in [-0.15, -0.1) is 0 Å². The SMILES string of the molecule is CCCNC(=O)CCCC(=O)N1CCCC1C(=O)O. The summed E-state index contributed by atoms with van der Waals surface area (Å²) in [6, 6.07) is -0.679. The number of hydrogen-bond donors (Lipinski definition) is 2. The zero-order valence-corrected chi connectivity index (χ0v) is 11.4. The molecule has 6 heteroatoms. The maximum atomic E-state index is 11.9. The van der Waals surface area contributed by atoms with Crippen molar-refractivity contribution in [1.82, 2.24) is 10.2 Å². The van der Waals surface area contributed by atoms with E-state index in [1.54, 1.807) is 0 Å². The molecule has 1 atom stereocenters. The molecule has 1 rings (SSSR count). The molecule has 0 bridgehead atoms. The van der Waals surface area contributed by atoms with E-state index in [1.807, 2.05) is 6.92 Å². The normalized spacial score (nSPS) is 18.4. The highest BCUT2D eigenvalue weighted by atomic mass is 16.4. The van der Waals surface area contributed by atoms with Crippen LogP contribution in [0.4, 0.5) is 0 Å². The summed E-state index contributed by atoms with van der Waals surface area (Å²) in [6.45, 7) is 3.14. The number of nitrogens with zero attached hydrogens (tertiary/aromatic N) is 1. The van der Waals surface area contributed by atoms with Gasteiger partial charge in [0, 0.05) is 25.9 Å². The van der Waals surface area contributed by atoms with Crippen LogP contribution in [0.3, 0.4) is 0 Å². The minimum Gasteiger partial charge on any atom is -0.480 e. The lowest BCUT2D eigenvalue weighted by molar-refractivity contribution is -0.148. The summed E-state index contributed by atoms with van der Waals surface area (Å²) >= 11 is 0. The van der Waals surface area contributed by atoms with Gasteiger partial charge in [-0.25, -0.2) is 4.79 Å². The molecule has 108 valence electrons. The molecule has 2 N–H and O–H groups in total. The Hall–Kier alpha value is -1.59. The van der Waals surface area contributed by atoms with Crippen LogP contribution in [0, 0.1) is 0 Å². The Morgan fingerprint density at radius 1 is 1.32 bits per heavy atom. The van der Waals surface area contributed by atoms with Gasteiger partial charge in [-0.05, 0) is 25.7 Å². The Morgan fingerprint density at radius 2 is 2.05 bits per heavy atom. The third-order valence-corrected chi connectivity index (χ3v) is 3.22. The van der Waals surface area contributed by atoms with Crippen LogP contribution in [-0.2, 0) is 14.4 Å². The molecular formula is C13H22N2O4. The number of rotatable bonds is 7. The molecule has 2 amide bonds. The number of hydrogen-bond acceptors (Lipinski definition) is 3. The van der Waals surface area contributed by atoms with E-state index in [2.05, 4.69) is 5.32 Å². The van der Waals surface area contributed by atoms with Crippen LogP contribution in [0.15, 0.2) is 0 Å². The van der Waals surface area contributed by atoms with Gasteiger partial charge in [0.25, 0.3) is 0 Å². The Labute approximate surface area is 113 Å². The first-order valence-electron chi connectivity index (χ1n) is 6.85. The van der Waals surface area contributed by atoms with Crippen molar-refractivity contribution in [3.05, 3.63) is 0 Å². The lowest BCUT2D eigenvalue weighted by Crippen LogP contribution is -2.40. The van der Waals surface area contributed by atoms with Crippen molar-refractivity contribution >= 4 is 17.8 Å². The molecule has 0 spiro atoms. The molecule has 0 aliphatic carbocycles. The first-order chi connectivity index (χ1) is 9.06. The molecule has 6 nitrogen and oxygen atoms in total. The van der Waals surface area contributed by atoms with Crippen LogP contribution in [0.2, 0.25) is 0 Å². The maximum Gasteiger partial charge on any atom is 0.326 e. The Balaban J connectivity index is 2.27. The molecule has 0 saturated carbocycles. The predicted octanol–water partition coefficient (Wildman–Crippen LogP) is 0.758. The van der Waals surface area contributed by atoms with E-state index < -0.39 is 12.0 Å². The summed E-state index contributed by atoms with van der Waals surface area (Å²) in [7, 11) is 0. The van der Waals surface area contributed by atoms with Crippen LogP contribution >= 0.6 is 0 Å². The van der Waals surface area contributed by atoms with Crippen LogP contribution in [0.25, 0.3) is 0 Å². The van der Waals surface area contributed by atoms with Crippen molar-refractivity contribution in [3.63, 3.8) is 0 Å². The zero-order valence-electron chi connectivity index (χ0n) is 11.4. The van der Waals surface area contributed by atoms with Gasteiger partial charge in [-0.3, -0.25) is 9.59 Å². The molecule has 1 heterocycles. The van der Waals surface area contributed by atoms with Crippen molar-refractivity contribution in [2.45, 2.75) is 51.5 Å². The molecule has 1 aliphatic heterocycles. The van der Waals surface area contributed by atoms with E-state index in [0.717, 1.165) is 12.8 Å². The van der Waals surface area contributed by atoms with Gasteiger partial charge in [-0.1, -0.05) is 6.92 Å². The minimum atomic E-state index is -0.938. The molecule has 19 heavy (non-hydrogen) atoms. The number of likely N-dealkylation sites (tertiary alicyclic amines) is 1. The first-order valence-corrected chi connectivity index (χ1v) is 6.85. The van der Waals surface area contributed by atoms with E-state index in [4.69, 9.17) is 5.11 Å². The maximum absolute atomic E-state index is 11.9. The van der Waals surface area contributed by atoms with Crippen molar-refractivity contribution in [1.29, 1.82) is 0 Å². The number of carboxylic acids is 1. The van der Waals surface area contributed by atoms with Crippen molar-refractivity contribution < 1.29 is 19.5 Å². The fourth-order valence-corrected chi connectivity index (χ4v) is 2.22. The molecule has 0 aromatic heterocycles. The average Bonchev–Trinajstić information content (AvgIpc) is 2.85. The lowest BCUT2D eigenvalue weighted by Gasteiger charge is -2.21. The number of carboxylic acid groups (broad SMARTS) is 1. The lowest BCUT2D eigenvalue weighted by atomic mass is 10.2. The highest BCUT2D eigenvalue weighted by Crippen LogP contribution is 2.19. The summed E-state index contributed by atoms with van der Waals surface area (Å²) in [6.07, 6.45) is 3.17. The third kappa shape index (κ3) is 4.89. The highest BCUT2D eigenvalue weighted by Gasteiger charge is 2.33. The standard InChI is InChI=1S/C13H22N2O4/c1-2-8-14-11(16)6-3-7-12(17)15-9-4-5-10(15)13(18)19/h10H,2-9H2,1H3,(H,14,16)(H,18,19). The second-order valence-corrected chi connectivity index (χ2v) is 4.79. The molecular weight excluding hydrogens is 248 g/mol. The Bertz CT molecular complexity index is 344. The topological polar surface area (TPSA) is 86.7 Å². The monoisotopic (exact) mass is 270 g/mol. The smallest absolute Gasteiger partial charge is 0.326 e. The van der Waals surface area contributed by atoms with Gasteiger partial charge in [-0.2, -0.15) is 0 Å². The molecule has 0 aromatic carbocycles. The molecule has 1 unspecified atom stereocenters. The van der Waals surface area contributed by atoms with Crippen LogP contribution in [0.1, 0.15) is 45.4 Å². The van der Waals surface area contributed by atoms with Gasteiger partial charge >= 0.3 is 5.97 Å². The van der Waals surface area contributed by atoms with Crippen molar-refractivity contribution in [2.75, 3.05) is 13.1 Å². The second kappa shape index (κ2) is 7.76. The third-order valence-electron chi connectivity index (χ3n) is 3.22. The number of amides is 2. The highest BCUT2D eigenvalue weighted by molar-refractivity contribution is 5.84. The largest absolute Gasteiger partial charge is 0.480 e. The van der Waals surface area contributed by atoms with E-state index in [0.29, 0.717) is 32.4 Å². The average molecular weight is 270 g/mol. The van der Waals surface area contributed by atoms with Crippen molar-refractivity contribution in [2.24, 2.45) is 0 Å². The summed E-state index contributed by atoms with van der Waals surface area (Å²) in [5.41, 5.74) is 0. The summed E-state index contributed by atoms with van der Waals surface area (Å²) in [5.74, 6) is -1.15. The fourth-order valence-electron chi connectivity index (χ4n) is 2.22. The number of nitrogens with one attached hydrogen (secondary N) is 1. The fraction of sp³-hybridized carbons (Fsp3) is 0.769. The quantitative estimate of drug-likeness (QED) is 0.715. The predicted molar refractivity (Wildman–Crippen MR) is 69.5 cm³/mol. The van der Waals surface area contributed by atoms with Crippen LogP contribution in [0.5, 0.6) is 0 Å². The van der Waals surface area contributed by atoms with E-state index >= 15 is 0 Å². The van der Waals surface area contributed by atoms with Gasteiger partial charge in [0.05, 0.1) is 0 Å². The zero-order chi connectivity index (χ0) is 14.3. The molecule has 0 aromatic rings. The van der Waals surface area contributed by atoms with E-state index in [1.165, 1.54) is 4.90 Å². The Kier molecular flexibility index (Phi) is 6.32. The summed E-state index contributed by atoms with van der Waals surface area (Å²) in [5, 5.41) is 11.7. The van der Waals surface area contributed by atoms with Crippen LogP contribution in [-0.4, -0.2) is 46.9 Å². The molecule has 1 saturated heterocycles. The second-order valence-electron chi connectivity index (χ2n) is 4.79. The molecule has 0 radical (unpaired) electrons. The number of aliphatic carboxylic acids is 1. The first kappa shape index (κ1) is 15.5. The number of carbonyl (C=O) groups is 3.